The van der Waals surface area contributed by atoms with Crippen LogP contribution >= 0.6 is 11.3 Å². The van der Waals surface area contributed by atoms with Crippen LogP contribution in [0.4, 0.5) is 18.9 Å². The van der Waals surface area contributed by atoms with Crippen LogP contribution in [0, 0.1) is 17.5 Å². The van der Waals surface area contributed by atoms with Crippen LogP contribution < -0.4 is 10.0 Å². The highest BCUT2D eigenvalue weighted by molar-refractivity contribution is 7.92. The topological polar surface area (TPSA) is 114 Å². The van der Waals surface area contributed by atoms with E-state index >= 15 is 4.39 Å². The molecule has 5 aromatic rings. The first kappa shape index (κ1) is 30.8. The van der Waals surface area contributed by atoms with Gasteiger partial charge in [-0.3, -0.25) is 9.52 Å². The molecule has 0 aliphatic heterocycles. The van der Waals surface area contributed by atoms with E-state index in [4.69, 9.17) is 4.98 Å². The molecule has 0 aliphatic carbocycles. The lowest BCUT2D eigenvalue weighted by Gasteiger charge is -2.13. The first-order chi connectivity index (χ1) is 21.0. The molecule has 8 nitrogen and oxygen atoms in total. The number of aromatic nitrogens is 3. The number of nitrogens with zero attached hydrogens (tertiary/aromatic N) is 3. The minimum atomic E-state index is -4.83. The third-order valence-electron chi connectivity index (χ3n) is 6.52. The summed E-state index contributed by atoms with van der Waals surface area (Å²) in [5.74, 6) is -3.24. The Kier molecular flexibility index (Phi) is 9.06. The average Bonchev–Trinajstić information content (AvgIpc) is 3.43. The van der Waals surface area contributed by atoms with E-state index in [0.29, 0.717) is 34.2 Å². The van der Waals surface area contributed by atoms with E-state index in [0.717, 1.165) is 29.8 Å². The smallest absolute Gasteiger partial charge is 0.267 e. The number of hydrogen-bond acceptors (Lipinski definition) is 7. The van der Waals surface area contributed by atoms with Crippen molar-refractivity contribution in [3.8, 4) is 32.4 Å². The molecule has 0 fully saturated rings. The van der Waals surface area contributed by atoms with E-state index in [1.165, 1.54) is 30.4 Å². The van der Waals surface area contributed by atoms with Crippen molar-refractivity contribution in [2.75, 3.05) is 4.72 Å². The molecule has 226 valence electrons. The molecule has 0 unspecified atom stereocenters. The number of thiazole rings is 1. The highest BCUT2D eigenvalue weighted by Crippen LogP contribution is 2.42. The number of benzene rings is 3. The molecular formula is C31H26F3N5O3S2. The number of aryl methyl sites for hydroxylation is 1. The zero-order chi connectivity index (χ0) is 31.4. The van der Waals surface area contributed by atoms with E-state index < -0.39 is 38.1 Å². The largest absolute Gasteiger partial charge is 0.354 e. The van der Waals surface area contributed by atoms with E-state index in [-0.39, 0.29) is 23.2 Å². The van der Waals surface area contributed by atoms with Crippen molar-refractivity contribution in [3.63, 3.8) is 0 Å². The lowest BCUT2D eigenvalue weighted by molar-refractivity contribution is -0.119. The minimum absolute atomic E-state index is 0.0490. The minimum Gasteiger partial charge on any atom is -0.354 e. The number of hydrogen-bond donors (Lipinski definition) is 2. The molecule has 2 heterocycles. The van der Waals surface area contributed by atoms with Gasteiger partial charge >= 0.3 is 0 Å². The molecule has 0 spiro atoms. The summed E-state index contributed by atoms with van der Waals surface area (Å²) in [4.78, 5) is 24.4. The van der Waals surface area contributed by atoms with Gasteiger partial charge < -0.3 is 5.32 Å². The molecule has 0 bridgehead atoms. The molecule has 1 amide bonds. The van der Waals surface area contributed by atoms with Gasteiger partial charge in [-0.1, -0.05) is 42.5 Å². The first-order valence-corrected chi connectivity index (χ1v) is 15.7. The van der Waals surface area contributed by atoms with Gasteiger partial charge in [0.2, 0.25) is 5.91 Å². The van der Waals surface area contributed by atoms with Crippen molar-refractivity contribution in [2.45, 2.75) is 37.6 Å². The lowest BCUT2D eigenvalue weighted by atomic mass is 10.1. The summed E-state index contributed by atoms with van der Waals surface area (Å²) in [6.45, 7) is 3.32. The normalized spacial score (nSPS) is 12.1. The third-order valence-corrected chi connectivity index (χ3v) is 9.07. The fraction of sp³-hybridized carbons (Fsp3) is 0.161. The Morgan fingerprint density at radius 2 is 1.64 bits per heavy atom. The van der Waals surface area contributed by atoms with Crippen molar-refractivity contribution in [1.29, 1.82) is 0 Å². The monoisotopic (exact) mass is 637 g/mol. The third kappa shape index (κ3) is 6.79. The number of anilines is 1. The molecule has 2 N–H and O–H groups in total. The fourth-order valence-corrected chi connectivity index (χ4v) is 6.77. The number of carbonyl (C=O) groups is 1. The lowest BCUT2D eigenvalue weighted by Crippen LogP contribution is -2.30. The zero-order valence-electron chi connectivity index (χ0n) is 23.5. The molecule has 5 rings (SSSR count). The van der Waals surface area contributed by atoms with Crippen LogP contribution in [0.3, 0.4) is 0 Å². The van der Waals surface area contributed by atoms with E-state index in [1.807, 2.05) is 42.0 Å². The quantitative estimate of drug-likeness (QED) is 0.178. The van der Waals surface area contributed by atoms with Crippen LogP contribution in [0.2, 0.25) is 0 Å². The number of carbonyl (C=O) groups excluding carboxylic acids is 1. The van der Waals surface area contributed by atoms with Crippen molar-refractivity contribution >= 4 is 33.0 Å². The van der Waals surface area contributed by atoms with Crippen LogP contribution in [0.15, 0.2) is 83.9 Å². The second-order valence-corrected chi connectivity index (χ2v) is 12.5. The van der Waals surface area contributed by atoms with Gasteiger partial charge in [-0.05, 0) is 43.7 Å². The SMILES string of the molecule is CC(=O)N[C@@H](C)CCc1nccc(-c2sc(-c3ccccc3)nc2-c2cccc(NS(=O)(=O)c3c(F)cccc3F)c2F)n1. The van der Waals surface area contributed by atoms with Gasteiger partial charge in [-0.15, -0.1) is 11.3 Å². The Balaban J connectivity index is 1.56. The summed E-state index contributed by atoms with van der Waals surface area (Å²) in [7, 11) is -4.83. The Morgan fingerprint density at radius 3 is 2.34 bits per heavy atom. The molecule has 44 heavy (non-hydrogen) atoms. The Labute approximate surface area is 256 Å². The Morgan fingerprint density at radius 1 is 0.932 bits per heavy atom. The number of sulfonamides is 1. The van der Waals surface area contributed by atoms with Gasteiger partial charge in [0.15, 0.2) is 10.7 Å². The molecule has 0 radical (unpaired) electrons. The van der Waals surface area contributed by atoms with Crippen LogP contribution in [0.1, 0.15) is 26.1 Å². The van der Waals surface area contributed by atoms with Crippen molar-refractivity contribution < 1.29 is 26.4 Å². The molecule has 0 saturated carbocycles. The zero-order valence-corrected chi connectivity index (χ0v) is 25.1. The molecule has 13 heteroatoms. The van der Waals surface area contributed by atoms with E-state index in [1.54, 1.807) is 12.3 Å². The first-order valence-electron chi connectivity index (χ1n) is 13.4. The number of amides is 1. The molecule has 1 atom stereocenters. The molecule has 0 saturated heterocycles. The fourth-order valence-electron chi connectivity index (χ4n) is 4.52. The molecule has 0 aliphatic rings. The maximum atomic E-state index is 16.1. The number of halogens is 3. The van der Waals surface area contributed by atoms with Gasteiger partial charge in [-0.2, -0.15) is 0 Å². The van der Waals surface area contributed by atoms with Crippen molar-refractivity contribution in [2.24, 2.45) is 0 Å². The Hall–Kier alpha value is -4.62. The summed E-state index contributed by atoms with van der Waals surface area (Å²) in [5, 5.41) is 3.38. The summed E-state index contributed by atoms with van der Waals surface area (Å²) in [6, 6.07) is 17.4. The average molecular weight is 638 g/mol. The summed E-state index contributed by atoms with van der Waals surface area (Å²) < 4.78 is 72.5. The highest BCUT2D eigenvalue weighted by Gasteiger charge is 2.27. The van der Waals surface area contributed by atoms with Crippen LogP contribution in [-0.4, -0.2) is 35.3 Å². The Bertz CT molecular complexity index is 1920. The standard InChI is InChI=1S/C31H26F3N5O3S2/c1-18(36-19(2)40)14-15-26-35-17-16-25(37-26)29-28(38-31(43-29)20-8-4-3-5-9-20)21-10-6-13-24(27(21)34)39-44(41,42)30-22(32)11-7-12-23(30)33/h3-13,16-18,39H,14-15H2,1-2H3,(H,36,40)/t18-/m0/s1. The second kappa shape index (κ2) is 12.9. The molecule has 2 aromatic heterocycles. The van der Waals surface area contributed by atoms with Crippen LogP contribution in [0.25, 0.3) is 32.4 Å². The number of rotatable bonds is 10. The van der Waals surface area contributed by atoms with Gasteiger partial charge in [0.05, 0.1) is 22.0 Å². The number of nitrogens with one attached hydrogen (secondary N) is 2. The predicted octanol–water partition coefficient (Wildman–Crippen LogP) is 6.61. The van der Waals surface area contributed by atoms with Crippen molar-refractivity contribution in [1.82, 2.24) is 20.3 Å². The highest BCUT2D eigenvalue weighted by atomic mass is 32.2. The van der Waals surface area contributed by atoms with Crippen LogP contribution in [0.5, 0.6) is 0 Å². The van der Waals surface area contributed by atoms with Crippen molar-refractivity contribution in [3.05, 3.63) is 102 Å². The molecular weight excluding hydrogens is 612 g/mol. The van der Waals surface area contributed by atoms with Gasteiger partial charge in [0, 0.05) is 36.7 Å². The predicted molar refractivity (Wildman–Crippen MR) is 163 cm³/mol. The van der Waals surface area contributed by atoms with Gasteiger partial charge in [0.25, 0.3) is 10.0 Å². The summed E-state index contributed by atoms with van der Waals surface area (Å²) in [6.07, 6.45) is 2.64. The maximum Gasteiger partial charge on any atom is 0.267 e. The van der Waals surface area contributed by atoms with Crippen LogP contribution in [-0.2, 0) is 21.2 Å². The van der Waals surface area contributed by atoms with Gasteiger partial charge in [-0.25, -0.2) is 36.5 Å². The van der Waals surface area contributed by atoms with Gasteiger partial charge in [0.1, 0.15) is 22.5 Å². The van der Waals surface area contributed by atoms with E-state index in [9.17, 15) is 22.0 Å². The summed E-state index contributed by atoms with van der Waals surface area (Å²) >= 11 is 1.27. The van der Waals surface area contributed by atoms with E-state index in [2.05, 4.69) is 15.3 Å². The second-order valence-electron chi connectivity index (χ2n) is 9.88. The maximum absolute atomic E-state index is 16.1. The molecule has 3 aromatic carbocycles. The summed E-state index contributed by atoms with van der Waals surface area (Å²) in [5.41, 5.74) is 0.875.